The number of amides is 2. The van der Waals surface area contributed by atoms with Gasteiger partial charge in [0, 0.05) is 6.54 Å². The third-order valence-corrected chi connectivity index (χ3v) is 3.59. The first-order valence-corrected chi connectivity index (χ1v) is 6.86. The molecule has 114 valence electrons. The van der Waals surface area contributed by atoms with Gasteiger partial charge in [-0.1, -0.05) is 19.9 Å². The van der Waals surface area contributed by atoms with Gasteiger partial charge in [-0.3, -0.25) is 9.59 Å². The second-order valence-electron chi connectivity index (χ2n) is 5.63. The predicted molar refractivity (Wildman–Crippen MR) is 73.1 cm³/mol. The van der Waals surface area contributed by atoms with E-state index in [2.05, 4.69) is 5.32 Å². The van der Waals surface area contributed by atoms with E-state index in [9.17, 15) is 18.4 Å². The van der Waals surface area contributed by atoms with Crippen molar-refractivity contribution in [2.75, 3.05) is 0 Å². The first-order chi connectivity index (χ1) is 9.81. The van der Waals surface area contributed by atoms with Gasteiger partial charge in [0.1, 0.15) is 12.1 Å². The maximum absolute atomic E-state index is 13.3. The van der Waals surface area contributed by atoms with Gasteiger partial charge in [0.2, 0.25) is 11.8 Å². The molecule has 0 spiro atoms. The van der Waals surface area contributed by atoms with Gasteiger partial charge in [0.05, 0.1) is 0 Å². The quantitative estimate of drug-likeness (QED) is 0.925. The molecule has 6 heteroatoms. The fraction of sp³-hybridized carbons (Fsp3) is 0.467. The zero-order chi connectivity index (χ0) is 15.7. The van der Waals surface area contributed by atoms with Crippen LogP contribution in [0.4, 0.5) is 8.78 Å². The van der Waals surface area contributed by atoms with Crippen molar-refractivity contribution in [2.45, 2.75) is 39.4 Å². The third kappa shape index (κ3) is 3.04. The van der Waals surface area contributed by atoms with E-state index in [1.807, 2.05) is 13.8 Å². The molecule has 2 rings (SSSR count). The maximum atomic E-state index is 13.3. The van der Waals surface area contributed by atoms with Crippen LogP contribution in [0, 0.1) is 17.6 Å². The molecule has 1 aromatic rings. The first-order valence-electron chi connectivity index (χ1n) is 6.86. The minimum atomic E-state index is -0.962. The van der Waals surface area contributed by atoms with E-state index in [1.165, 1.54) is 11.0 Å². The van der Waals surface area contributed by atoms with Crippen molar-refractivity contribution in [3.05, 3.63) is 35.4 Å². The van der Waals surface area contributed by atoms with Crippen LogP contribution in [0.15, 0.2) is 18.2 Å². The smallest absolute Gasteiger partial charge is 0.245 e. The molecule has 1 N–H and O–H groups in total. The van der Waals surface area contributed by atoms with Crippen LogP contribution in [-0.4, -0.2) is 28.8 Å². The molecule has 0 radical (unpaired) electrons. The number of hydrogen-bond acceptors (Lipinski definition) is 2. The zero-order valence-electron chi connectivity index (χ0n) is 12.2. The number of benzene rings is 1. The second kappa shape index (κ2) is 5.79. The van der Waals surface area contributed by atoms with Gasteiger partial charge in [0.15, 0.2) is 11.6 Å². The Kier molecular flexibility index (Phi) is 4.25. The molecule has 21 heavy (non-hydrogen) atoms. The van der Waals surface area contributed by atoms with Gasteiger partial charge in [-0.2, -0.15) is 0 Å². The number of nitrogens with zero attached hydrogens (tertiary/aromatic N) is 1. The Balaban J connectivity index is 2.30. The molecule has 0 aromatic heterocycles. The second-order valence-corrected chi connectivity index (χ2v) is 5.63. The first kappa shape index (κ1) is 15.4. The van der Waals surface area contributed by atoms with Crippen molar-refractivity contribution >= 4 is 11.8 Å². The zero-order valence-corrected chi connectivity index (χ0v) is 12.2. The summed E-state index contributed by atoms with van der Waals surface area (Å²) in [5, 5.41) is 2.63. The van der Waals surface area contributed by atoms with E-state index in [1.54, 1.807) is 6.92 Å². The Morgan fingerprint density at radius 3 is 2.48 bits per heavy atom. The van der Waals surface area contributed by atoms with Crippen LogP contribution in [0.1, 0.15) is 26.3 Å². The van der Waals surface area contributed by atoms with E-state index < -0.39 is 23.7 Å². The molecule has 0 bridgehead atoms. The summed E-state index contributed by atoms with van der Waals surface area (Å²) in [5.74, 6) is -2.42. The minimum Gasteiger partial charge on any atom is -0.343 e. The van der Waals surface area contributed by atoms with Crippen LogP contribution in [-0.2, 0) is 16.1 Å². The van der Waals surface area contributed by atoms with Gasteiger partial charge in [-0.15, -0.1) is 0 Å². The summed E-state index contributed by atoms with van der Waals surface area (Å²) >= 11 is 0. The monoisotopic (exact) mass is 296 g/mol. The molecule has 2 atom stereocenters. The summed E-state index contributed by atoms with van der Waals surface area (Å²) in [6, 6.07) is 2.27. The Bertz CT molecular complexity index is 575. The van der Waals surface area contributed by atoms with Crippen molar-refractivity contribution in [1.82, 2.24) is 10.2 Å². The fourth-order valence-corrected chi connectivity index (χ4v) is 2.56. The molecule has 1 fully saturated rings. The number of halogens is 2. The average molecular weight is 296 g/mol. The Morgan fingerprint density at radius 2 is 1.90 bits per heavy atom. The highest BCUT2D eigenvalue weighted by Crippen LogP contribution is 2.21. The molecular weight excluding hydrogens is 278 g/mol. The van der Waals surface area contributed by atoms with E-state index in [-0.39, 0.29) is 24.3 Å². The average Bonchev–Trinajstić information content (AvgIpc) is 2.39. The Morgan fingerprint density at radius 1 is 1.24 bits per heavy atom. The van der Waals surface area contributed by atoms with E-state index in [4.69, 9.17) is 0 Å². The number of rotatable bonds is 3. The number of hydrogen-bond donors (Lipinski definition) is 1. The molecule has 1 aromatic carbocycles. The summed E-state index contributed by atoms with van der Waals surface area (Å²) in [6.07, 6.45) is 0. The van der Waals surface area contributed by atoms with E-state index >= 15 is 0 Å². The van der Waals surface area contributed by atoms with E-state index in [0.29, 0.717) is 5.56 Å². The van der Waals surface area contributed by atoms with Gasteiger partial charge in [-0.25, -0.2) is 8.78 Å². The number of piperazine rings is 1. The van der Waals surface area contributed by atoms with Crippen LogP contribution >= 0.6 is 0 Å². The van der Waals surface area contributed by atoms with Crippen molar-refractivity contribution in [2.24, 2.45) is 5.92 Å². The largest absolute Gasteiger partial charge is 0.343 e. The SMILES string of the molecule is CC1NC(=O)C(C(C)C)N(Cc2ccc(F)c(F)c2)C1=O. The van der Waals surface area contributed by atoms with Gasteiger partial charge < -0.3 is 10.2 Å². The number of nitrogens with one attached hydrogen (secondary N) is 1. The Labute approximate surface area is 122 Å². The van der Waals surface area contributed by atoms with Crippen LogP contribution in [0.5, 0.6) is 0 Å². The lowest BCUT2D eigenvalue weighted by molar-refractivity contribution is -0.151. The molecule has 2 amide bonds. The molecule has 1 aliphatic rings. The number of carbonyl (C=O) groups is 2. The molecule has 1 saturated heterocycles. The third-order valence-electron chi connectivity index (χ3n) is 3.59. The Hall–Kier alpha value is -1.98. The van der Waals surface area contributed by atoms with E-state index in [0.717, 1.165) is 12.1 Å². The van der Waals surface area contributed by atoms with Crippen LogP contribution in [0.2, 0.25) is 0 Å². The molecule has 4 nitrogen and oxygen atoms in total. The highest BCUT2D eigenvalue weighted by atomic mass is 19.2. The van der Waals surface area contributed by atoms with Gasteiger partial charge >= 0.3 is 0 Å². The molecule has 0 aliphatic carbocycles. The topological polar surface area (TPSA) is 49.4 Å². The standard InChI is InChI=1S/C15H18F2N2O2/c1-8(2)13-14(20)18-9(3)15(21)19(13)7-10-4-5-11(16)12(17)6-10/h4-6,8-9,13H,7H2,1-3H3,(H,18,20). The summed E-state index contributed by atoms with van der Waals surface area (Å²) < 4.78 is 26.2. The van der Waals surface area contributed by atoms with Crippen LogP contribution in [0.3, 0.4) is 0 Å². The summed E-state index contributed by atoms with van der Waals surface area (Å²) in [7, 11) is 0. The summed E-state index contributed by atoms with van der Waals surface area (Å²) in [4.78, 5) is 25.8. The lowest BCUT2D eigenvalue weighted by Gasteiger charge is -2.40. The predicted octanol–water partition coefficient (Wildman–Crippen LogP) is 1.84. The van der Waals surface area contributed by atoms with Crippen LogP contribution in [0.25, 0.3) is 0 Å². The van der Waals surface area contributed by atoms with Crippen molar-refractivity contribution in [3.63, 3.8) is 0 Å². The highest BCUT2D eigenvalue weighted by Gasteiger charge is 2.40. The van der Waals surface area contributed by atoms with Crippen molar-refractivity contribution < 1.29 is 18.4 Å². The summed E-state index contributed by atoms with van der Waals surface area (Å²) in [5.41, 5.74) is 0.454. The maximum Gasteiger partial charge on any atom is 0.245 e. The lowest BCUT2D eigenvalue weighted by atomic mass is 9.96. The molecule has 1 aliphatic heterocycles. The van der Waals surface area contributed by atoms with Gasteiger partial charge in [0.25, 0.3) is 0 Å². The highest BCUT2D eigenvalue weighted by molar-refractivity contribution is 5.96. The van der Waals surface area contributed by atoms with Gasteiger partial charge in [-0.05, 0) is 30.5 Å². The van der Waals surface area contributed by atoms with Crippen molar-refractivity contribution in [3.8, 4) is 0 Å². The van der Waals surface area contributed by atoms with Crippen LogP contribution < -0.4 is 5.32 Å². The minimum absolute atomic E-state index is 0.0771. The molecular formula is C15H18F2N2O2. The normalized spacial score (nSPS) is 22.7. The van der Waals surface area contributed by atoms with Crippen molar-refractivity contribution in [1.29, 1.82) is 0 Å². The summed E-state index contributed by atoms with van der Waals surface area (Å²) in [6.45, 7) is 5.36. The lowest BCUT2D eigenvalue weighted by Crippen LogP contribution is -2.63. The molecule has 2 unspecified atom stereocenters. The number of carbonyl (C=O) groups excluding carboxylic acids is 2. The molecule has 1 heterocycles. The fourth-order valence-electron chi connectivity index (χ4n) is 2.56. The molecule has 0 saturated carbocycles.